The molecule has 20 heavy (non-hydrogen) atoms. The van der Waals surface area contributed by atoms with Gasteiger partial charge < -0.3 is 9.84 Å². The molecule has 0 radical (unpaired) electrons. The molecule has 0 saturated carbocycles. The number of carbonyl (C=O) groups is 1. The Morgan fingerprint density at radius 3 is 2.95 bits per heavy atom. The predicted octanol–water partition coefficient (Wildman–Crippen LogP) is 2.66. The number of ether oxygens (including phenoxy) is 1. The van der Waals surface area contributed by atoms with Crippen LogP contribution >= 0.6 is 0 Å². The maximum atomic E-state index is 11.8. The fourth-order valence-corrected chi connectivity index (χ4v) is 3.02. The lowest BCUT2D eigenvalue weighted by Gasteiger charge is -2.27. The summed E-state index contributed by atoms with van der Waals surface area (Å²) in [6, 6.07) is 9.79. The molecule has 1 aliphatic heterocycles. The van der Waals surface area contributed by atoms with Crippen molar-refractivity contribution >= 4 is 16.9 Å². The Kier molecular flexibility index (Phi) is 3.18. The summed E-state index contributed by atoms with van der Waals surface area (Å²) in [7, 11) is 0. The molecule has 0 aliphatic carbocycles. The number of aliphatic carboxylic acids is 1. The smallest absolute Gasteiger partial charge is 0.312 e. The summed E-state index contributed by atoms with van der Waals surface area (Å²) in [6.45, 7) is 2.35. The van der Waals surface area contributed by atoms with Gasteiger partial charge in [0.05, 0.1) is 17.0 Å². The Labute approximate surface area is 117 Å². The highest BCUT2D eigenvalue weighted by Gasteiger charge is 2.48. The van der Waals surface area contributed by atoms with Crippen molar-refractivity contribution in [3.05, 3.63) is 42.1 Å². The van der Waals surface area contributed by atoms with E-state index < -0.39 is 11.4 Å². The minimum absolute atomic E-state index is 0.279. The first kappa shape index (κ1) is 13.1. The van der Waals surface area contributed by atoms with Gasteiger partial charge in [-0.25, -0.2) is 0 Å². The number of hydrogen-bond donors (Lipinski definition) is 1. The Bertz CT molecular complexity index is 650. The molecular weight excluding hydrogens is 254 g/mol. The minimum Gasteiger partial charge on any atom is -0.481 e. The second-order valence-electron chi connectivity index (χ2n) is 5.39. The molecule has 4 heteroatoms. The van der Waals surface area contributed by atoms with Gasteiger partial charge in [-0.05, 0) is 31.4 Å². The standard InChI is InChI=1S/C16H17NO3/c1-11-16(15(18)19,7-9-20-11)10-13-5-2-4-12-6-3-8-17-14(12)13/h2-6,8,11H,7,9-10H2,1H3,(H,18,19). The van der Waals surface area contributed by atoms with Gasteiger partial charge in [0.15, 0.2) is 0 Å². The van der Waals surface area contributed by atoms with E-state index in [0.29, 0.717) is 19.4 Å². The average Bonchev–Trinajstić information content (AvgIpc) is 2.82. The minimum atomic E-state index is -0.841. The third kappa shape index (κ3) is 1.96. The number of hydrogen-bond acceptors (Lipinski definition) is 3. The molecule has 1 fully saturated rings. The molecule has 2 unspecified atom stereocenters. The molecule has 3 rings (SSSR count). The number of fused-ring (bicyclic) bond motifs is 1. The second-order valence-corrected chi connectivity index (χ2v) is 5.39. The Morgan fingerprint density at radius 1 is 1.45 bits per heavy atom. The van der Waals surface area contributed by atoms with Gasteiger partial charge >= 0.3 is 5.97 Å². The van der Waals surface area contributed by atoms with Gasteiger partial charge in [0.1, 0.15) is 0 Å². The van der Waals surface area contributed by atoms with Crippen molar-refractivity contribution in [2.75, 3.05) is 6.61 Å². The zero-order valence-electron chi connectivity index (χ0n) is 11.4. The van der Waals surface area contributed by atoms with E-state index in [9.17, 15) is 9.90 Å². The lowest BCUT2D eigenvalue weighted by Crippen LogP contribution is -2.39. The van der Waals surface area contributed by atoms with Gasteiger partial charge in [0.2, 0.25) is 0 Å². The highest BCUT2D eigenvalue weighted by molar-refractivity contribution is 5.83. The van der Waals surface area contributed by atoms with Gasteiger partial charge in [0, 0.05) is 18.2 Å². The first-order valence-electron chi connectivity index (χ1n) is 6.81. The van der Waals surface area contributed by atoms with Gasteiger partial charge in [-0.15, -0.1) is 0 Å². The normalized spacial score (nSPS) is 25.9. The number of nitrogens with zero attached hydrogens (tertiary/aromatic N) is 1. The third-order valence-corrected chi connectivity index (χ3v) is 4.34. The summed E-state index contributed by atoms with van der Waals surface area (Å²) in [5.41, 5.74) is 1.02. The quantitative estimate of drug-likeness (QED) is 0.932. The van der Waals surface area contributed by atoms with E-state index in [4.69, 9.17) is 4.74 Å². The number of pyridine rings is 1. The van der Waals surface area contributed by atoms with Gasteiger partial charge in [-0.3, -0.25) is 9.78 Å². The van der Waals surface area contributed by atoms with Crippen LogP contribution in [0, 0.1) is 5.41 Å². The predicted molar refractivity (Wildman–Crippen MR) is 75.5 cm³/mol. The molecule has 4 nitrogen and oxygen atoms in total. The summed E-state index contributed by atoms with van der Waals surface area (Å²) in [6.07, 6.45) is 2.47. The van der Waals surface area contributed by atoms with Crippen molar-refractivity contribution in [3.63, 3.8) is 0 Å². The summed E-state index contributed by atoms with van der Waals surface area (Å²) in [4.78, 5) is 16.2. The molecular formula is C16H17NO3. The van der Waals surface area contributed by atoms with Crippen molar-refractivity contribution in [3.8, 4) is 0 Å². The molecule has 1 aromatic heterocycles. The molecule has 1 saturated heterocycles. The topological polar surface area (TPSA) is 59.4 Å². The Morgan fingerprint density at radius 2 is 2.25 bits per heavy atom. The zero-order valence-corrected chi connectivity index (χ0v) is 11.4. The maximum absolute atomic E-state index is 11.8. The Hall–Kier alpha value is -1.94. The number of carboxylic acids is 1. The molecule has 2 aromatic rings. The lowest BCUT2D eigenvalue weighted by atomic mass is 9.76. The fourth-order valence-electron chi connectivity index (χ4n) is 3.02. The molecule has 2 heterocycles. The summed E-state index contributed by atoms with van der Waals surface area (Å²) < 4.78 is 5.51. The van der Waals surface area contributed by atoms with E-state index in [1.807, 2.05) is 37.3 Å². The van der Waals surface area contributed by atoms with E-state index in [0.717, 1.165) is 16.5 Å². The molecule has 1 N–H and O–H groups in total. The van der Waals surface area contributed by atoms with Crippen molar-refractivity contribution in [2.24, 2.45) is 5.41 Å². The maximum Gasteiger partial charge on any atom is 0.312 e. The Balaban J connectivity index is 2.06. The molecule has 0 bridgehead atoms. The van der Waals surface area contributed by atoms with Crippen LogP contribution in [0.15, 0.2) is 36.5 Å². The van der Waals surface area contributed by atoms with E-state index in [1.165, 1.54) is 0 Å². The second kappa shape index (κ2) is 4.87. The molecule has 0 amide bonds. The summed E-state index contributed by atoms with van der Waals surface area (Å²) in [5, 5.41) is 10.7. The van der Waals surface area contributed by atoms with E-state index in [1.54, 1.807) is 6.20 Å². The molecule has 0 spiro atoms. The zero-order chi connectivity index (χ0) is 14.2. The number of carboxylic acid groups (broad SMARTS) is 1. The van der Waals surface area contributed by atoms with Crippen LogP contribution in [0.4, 0.5) is 0 Å². The number of rotatable bonds is 3. The van der Waals surface area contributed by atoms with E-state index >= 15 is 0 Å². The summed E-state index contributed by atoms with van der Waals surface area (Å²) >= 11 is 0. The van der Waals surface area contributed by atoms with Crippen LogP contribution in [0.25, 0.3) is 10.9 Å². The molecule has 2 atom stereocenters. The van der Waals surface area contributed by atoms with E-state index in [-0.39, 0.29) is 6.10 Å². The summed E-state index contributed by atoms with van der Waals surface area (Å²) in [5.74, 6) is -0.782. The number of aromatic nitrogens is 1. The van der Waals surface area contributed by atoms with Crippen molar-refractivity contribution in [2.45, 2.75) is 25.9 Å². The van der Waals surface area contributed by atoms with Crippen LogP contribution in [0.3, 0.4) is 0 Å². The third-order valence-electron chi connectivity index (χ3n) is 4.34. The molecule has 1 aromatic carbocycles. The van der Waals surface area contributed by atoms with Crippen molar-refractivity contribution in [1.29, 1.82) is 0 Å². The number of benzene rings is 1. The first-order valence-corrected chi connectivity index (χ1v) is 6.81. The van der Waals surface area contributed by atoms with Crippen LogP contribution in [0.1, 0.15) is 18.9 Å². The van der Waals surface area contributed by atoms with Gasteiger partial charge in [-0.1, -0.05) is 24.3 Å². The van der Waals surface area contributed by atoms with Gasteiger partial charge in [-0.2, -0.15) is 0 Å². The largest absolute Gasteiger partial charge is 0.481 e. The highest BCUT2D eigenvalue weighted by Crippen LogP contribution is 2.39. The SMILES string of the molecule is CC1OCCC1(Cc1cccc2cccnc12)C(=O)O. The highest BCUT2D eigenvalue weighted by atomic mass is 16.5. The number of para-hydroxylation sites is 1. The first-order chi connectivity index (χ1) is 9.63. The van der Waals surface area contributed by atoms with E-state index in [2.05, 4.69) is 4.98 Å². The monoisotopic (exact) mass is 271 g/mol. The molecule has 104 valence electrons. The lowest BCUT2D eigenvalue weighted by molar-refractivity contribution is -0.151. The van der Waals surface area contributed by atoms with Crippen LogP contribution in [0.2, 0.25) is 0 Å². The van der Waals surface area contributed by atoms with Crippen molar-refractivity contribution < 1.29 is 14.6 Å². The van der Waals surface area contributed by atoms with Crippen LogP contribution in [0.5, 0.6) is 0 Å². The van der Waals surface area contributed by atoms with Crippen LogP contribution < -0.4 is 0 Å². The van der Waals surface area contributed by atoms with Crippen molar-refractivity contribution in [1.82, 2.24) is 4.98 Å². The van der Waals surface area contributed by atoms with Gasteiger partial charge in [0.25, 0.3) is 0 Å². The fraction of sp³-hybridized carbons (Fsp3) is 0.375. The van der Waals surface area contributed by atoms with Crippen LogP contribution in [-0.2, 0) is 16.0 Å². The average molecular weight is 271 g/mol. The molecule has 1 aliphatic rings. The van der Waals surface area contributed by atoms with Crippen LogP contribution in [-0.4, -0.2) is 28.8 Å².